The van der Waals surface area contributed by atoms with Gasteiger partial charge in [0.15, 0.2) is 5.78 Å². The molecule has 2 aromatic carbocycles. The Morgan fingerprint density at radius 2 is 1.75 bits per heavy atom. The summed E-state index contributed by atoms with van der Waals surface area (Å²) < 4.78 is 0. The molecule has 1 heterocycles. The fourth-order valence-electron chi connectivity index (χ4n) is 2.76. The van der Waals surface area contributed by atoms with Crippen LogP contribution >= 0.6 is 23.2 Å². The zero-order chi connectivity index (χ0) is 17.3. The lowest BCUT2D eigenvalue weighted by Gasteiger charge is -2.34. The maximum absolute atomic E-state index is 13.0. The van der Waals surface area contributed by atoms with Crippen molar-refractivity contribution in [2.24, 2.45) is 5.92 Å². The molecule has 1 aliphatic rings. The maximum Gasteiger partial charge on any atom is 0.319 e. The summed E-state index contributed by atoms with van der Waals surface area (Å²) in [5.74, 6) is -0.809. The van der Waals surface area contributed by atoms with Gasteiger partial charge in [-0.25, -0.2) is 4.79 Å². The summed E-state index contributed by atoms with van der Waals surface area (Å²) >= 11 is 11.9. The van der Waals surface area contributed by atoms with Crippen LogP contribution in [-0.4, -0.2) is 11.8 Å². The van der Waals surface area contributed by atoms with Gasteiger partial charge in [-0.05, 0) is 42.0 Å². The van der Waals surface area contributed by atoms with E-state index in [1.54, 1.807) is 42.5 Å². The lowest BCUT2D eigenvalue weighted by Crippen LogP contribution is -2.50. The number of hydrogen-bond acceptors (Lipinski definition) is 2. The number of hydrogen-bond donors (Lipinski definition) is 2. The Balaban J connectivity index is 2.00. The summed E-state index contributed by atoms with van der Waals surface area (Å²) in [6.07, 6.45) is 0. The number of rotatable bonds is 3. The number of Topliss-reactive ketones (excluding diaryl/α,β-unsaturated/α-hetero) is 1. The molecule has 2 amide bonds. The third-order valence-electron chi connectivity index (χ3n) is 3.89. The molecule has 2 atom stereocenters. The lowest BCUT2D eigenvalue weighted by atomic mass is 9.83. The average Bonchev–Trinajstić information content (AvgIpc) is 2.54. The van der Waals surface area contributed by atoms with Gasteiger partial charge in [0.2, 0.25) is 0 Å². The molecule has 0 saturated carbocycles. The average molecular weight is 361 g/mol. The first-order chi connectivity index (χ1) is 11.5. The standard InChI is InChI=1S/C18H14Cl2N2O2/c1-10-15(17(23)11-5-7-13(19)8-6-11)16(22-18(24)21-10)12-3-2-4-14(20)9-12/h2-9,15-16H,1H2,(H2,21,22,24)/t15-,16+/m1/s1. The van der Waals surface area contributed by atoms with Crippen molar-refractivity contribution < 1.29 is 9.59 Å². The fourth-order valence-corrected chi connectivity index (χ4v) is 3.09. The lowest BCUT2D eigenvalue weighted by molar-refractivity contribution is 0.0905. The quantitative estimate of drug-likeness (QED) is 0.798. The van der Waals surface area contributed by atoms with E-state index in [2.05, 4.69) is 17.2 Å². The Labute approximate surface area is 149 Å². The Kier molecular flexibility index (Phi) is 4.60. The molecular formula is C18H14Cl2N2O2. The highest BCUT2D eigenvalue weighted by molar-refractivity contribution is 6.31. The number of carbonyl (C=O) groups excluding carboxylic acids is 2. The van der Waals surface area contributed by atoms with Gasteiger partial charge < -0.3 is 10.6 Å². The smallest absolute Gasteiger partial charge is 0.319 e. The molecular weight excluding hydrogens is 347 g/mol. The van der Waals surface area contributed by atoms with Gasteiger partial charge in [0.1, 0.15) is 0 Å². The van der Waals surface area contributed by atoms with E-state index in [-0.39, 0.29) is 5.78 Å². The highest BCUT2D eigenvalue weighted by atomic mass is 35.5. The molecule has 1 aliphatic heterocycles. The van der Waals surface area contributed by atoms with Crippen molar-refractivity contribution in [3.63, 3.8) is 0 Å². The molecule has 0 radical (unpaired) electrons. The van der Waals surface area contributed by atoms with Gasteiger partial charge in [0.05, 0.1) is 12.0 Å². The molecule has 0 aliphatic carbocycles. The predicted octanol–water partition coefficient (Wildman–Crippen LogP) is 4.36. The van der Waals surface area contributed by atoms with Crippen molar-refractivity contribution in [3.05, 3.63) is 82.0 Å². The zero-order valence-electron chi connectivity index (χ0n) is 12.6. The van der Waals surface area contributed by atoms with Crippen LogP contribution in [0.1, 0.15) is 22.0 Å². The highest BCUT2D eigenvalue weighted by Gasteiger charge is 2.38. The molecule has 0 unspecified atom stereocenters. The van der Waals surface area contributed by atoms with E-state index in [1.807, 2.05) is 6.07 Å². The summed E-state index contributed by atoms with van der Waals surface area (Å²) in [5.41, 5.74) is 1.59. The van der Waals surface area contributed by atoms with Gasteiger partial charge in [0, 0.05) is 21.3 Å². The first kappa shape index (κ1) is 16.6. The summed E-state index contributed by atoms with van der Waals surface area (Å²) in [6, 6.07) is 12.7. The molecule has 24 heavy (non-hydrogen) atoms. The van der Waals surface area contributed by atoms with Crippen LogP contribution in [-0.2, 0) is 0 Å². The van der Waals surface area contributed by atoms with Crippen LogP contribution < -0.4 is 10.6 Å². The molecule has 0 aromatic heterocycles. The number of nitrogens with one attached hydrogen (secondary N) is 2. The fraction of sp³-hybridized carbons (Fsp3) is 0.111. The normalized spacial score (nSPS) is 20.2. The van der Waals surface area contributed by atoms with Gasteiger partial charge in [-0.15, -0.1) is 0 Å². The first-order valence-electron chi connectivity index (χ1n) is 7.27. The molecule has 122 valence electrons. The van der Waals surface area contributed by atoms with E-state index >= 15 is 0 Å². The van der Waals surface area contributed by atoms with E-state index in [4.69, 9.17) is 23.2 Å². The SMILES string of the molecule is C=C1NC(=O)N[C@@H](c2cccc(Cl)c2)[C@@H]1C(=O)c1ccc(Cl)cc1. The Hall–Kier alpha value is -2.30. The molecule has 0 spiro atoms. The molecule has 3 rings (SSSR count). The Bertz CT molecular complexity index is 818. The van der Waals surface area contributed by atoms with Crippen LogP contribution in [0.25, 0.3) is 0 Å². The summed E-state index contributed by atoms with van der Waals surface area (Å²) in [4.78, 5) is 24.8. The minimum absolute atomic E-state index is 0.158. The van der Waals surface area contributed by atoms with Crippen molar-refractivity contribution in [1.29, 1.82) is 0 Å². The second-order valence-electron chi connectivity index (χ2n) is 5.51. The topological polar surface area (TPSA) is 58.2 Å². The van der Waals surface area contributed by atoms with Crippen molar-refractivity contribution in [2.45, 2.75) is 6.04 Å². The van der Waals surface area contributed by atoms with Gasteiger partial charge in [-0.3, -0.25) is 4.79 Å². The van der Waals surface area contributed by atoms with E-state index < -0.39 is 18.0 Å². The summed E-state index contributed by atoms with van der Waals surface area (Å²) in [5, 5.41) is 6.45. The Morgan fingerprint density at radius 3 is 2.42 bits per heavy atom. The van der Waals surface area contributed by atoms with Gasteiger partial charge >= 0.3 is 6.03 Å². The predicted molar refractivity (Wildman–Crippen MR) is 94.3 cm³/mol. The summed E-state index contributed by atoms with van der Waals surface area (Å²) in [7, 11) is 0. The van der Waals surface area contributed by atoms with E-state index in [0.717, 1.165) is 5.56 Å². The Morgan fingerprint density at radius 1 is 1.04 bits per heavy atom. The largest absolute Gasteiger partial charge is 0.330 e. The number of carbonyl (C=O) groups is 2. The number of urea groups is 1. The zero-order valence-corrected chi connectivity index (χ0v) is 14.1. The number of halogens is 2. The van der Waals surface area contributed by atoms with Crippen LogP contribution in [0.5, 0.6) is 0 Å². The maximum atomic E-state index is 13.0. The molecule has 2 aromatic rings. The second kappa shape index (κ2) is 6.67. The molecule has 1 saturated heterocycles. The highest BCUT2D eigenvalue weighted by Crippen LogP contribution is 2.33. The van der Waals surface area contributed by atoms with E-state index in [9.17, 15) is 9.59 Å². The number of ketones is 1. The first-order valence-corrected chi connectivity index (χ1v) is 8.03. The van der Waals surface area contributed by atoms with E-state index in [1.165, 1.54) is 0 Å². The monoisotopic (exact) mass is 360 g/mol. The molecule has 2 N–H and O–H groups in total. The summed E-state index contributed by atoms with van der Waals surface area (Å²) in [6.45, 7) is 3.86. The van der Waals surface area contributed by atoms with Crippen molar-refractivity contribution in [2.75, 3.05) is 0 Å². The molecule has 0 bridgehead atoms. The van der Waals surface area contributed by atoms with Crippen LogP contribution in [0.2, 0.25) is 10.0 Å². The van der Waals surface area contributed by atoms with Crippen LogP contribution in [0, 0.1) is 5.92 Å². The third-order valence-corrected chi connectivity index (χ3v) is 4.38. The van der Waals surface area contributed by atoms with Gasteiger partial charge in [-0.1, -0.05) is 41.9 Å². The second-order valence-corrected chi connectivity index (χ2v) is 6.38. The molecule has 6 heteroatoms. The molecule has 4 nitrogen and oxygen atoms in total. The molecule has 1 fully saturated rings. The van der Waals surface area contributed by atoms with Crippen LogP contribution in [0.15, 0.2) is 60.8 Å². The minimum Gasteiger partial charge on any atom is -0.330 e. The number of benzene rings is 2. The van der Waals surface area contributed by atoms with Gasteiger partial charge in [0.25, 0.3) is 0 Å². The van der Waals surface area contributed by atoms with Crippen molar-refractivity contribution in [1.82, 2.24) is 10.6 Å². The third kappa shape index (κ3) is 3.30. The van der Waals surface area contributed by atoms with Gasteiger partial charge in [-0.2, -0.15) is 0 Å². The van der Waals surface area contributed by atoms with Crippen molar-refractivity contribution in [3.8, 4) is 0 Å². The van der Waals surface area contributed by atoms with Crippen LogP contribution in [0.4, 0.5) is 4.79 Å². The number of amides is 2. The van der Waals surface area contributed by atoms with Crippen molar-refractivity contribution >= 4 is 35.0 Å². The van der Waals surface area contributed by atoms with E-state index in [0.29, 0.717) is 21.3 Å². The van der Waals surface area contributed by atoms with Crippen LogP contribution in [0.3, 0.4) is 0 Å². The minimum atomic E-state index is -0.651.